The van der Waals surface area contributed by atoms with E-state index in [0.29, 0.717) is 17.7 Å². The Morgan fingerprint density at radius 1 is 1.03 bits per heavy atom. The lowest BCUT2D eigenvalue weighted by atomic mass is 10.1. The summed E-state index contributed by atoms with van der Waals surface area (Å²) >= 11 is 0. The van der Waals surface area contributed by atoms with Crippen LogP contribution in [0.1, 0.15) is 65.4 Å². The van der Waals surface area contributed by atoms with Crippen molar-refractivity contribution < 1.29 is 9.59 Å². The van der Waals surface area contributed by atoms with Gasteiger partial charge in [0.15, 0.2) is 5.65 Å². The zero-order chi connectivity index (χ0) is 21.1. The highest BCUT2D eigenvalue weighted by Gasteiger charge is 2.18. The van der Waals surface area contributed by atoms with Crippen molar-refractivity contribution in [3.63, 3.8) is 0 Å². The van der Waals surface area contributed by atoms with Crippen LogP contribution in [0.15, 0.2) is 42.7 Å². The average molecular weight is 406 g/mol. The number of rotatable bonds is 5. The molecule has 2 aromatic heterocycles. The minimum atomic E-state index is -0.185. The number of hydrogen-bond acceptors (Lipinski definition) is 4. The second-order valence-electron chi connectivity index (χ2n) is 8.05. The Morgan fingerprint density at radius 3 is 2.47 bits per heavy atom. The third-order valence-electron chi connectivity index (χ3n) is 5.48. The van der Waals surface area contributed by atoms with E-state index in [2.05, 4.69) is 15.4 Å². The number of aromatic nitrogens is 3. The molecule has 7 nitrogen and oxygen atoms in total. The third-order valence-corrected chi connectivity index (χ3v) is 5.48. The molecule has 1 aromatic carbocycles. The number of piperidine rings is 1. The Balaban J connectivity index is 1.37. The lowest BCUT2D eigenvalue weighted by molar-refractivity contribution is 0.0724. The van der Waals surface area contributed by atoms with E-state index in [-0.39, 0.29) is 17.9 Å². The molecular formula is C23H27N5O2. The second kappa shape index (κ2) is 8.65. The second-order valence-corrected chi connectivity index (χ2v) is 8.05. The number of pyridine rings is 1. The highest BCUT2D eigenvalue weighted by Crippen LogP contribution is 2.17. The van der Waals surface area contributed by atoms with Gasteiger partial charge in [-0.1, -0.05) is 12.1 Å². The molecule has 0 saturated carbocycles. The predicted octanol–water partition coefficient (Wildman–Crippen LogP) is 3.57. The van der Waals surface area contributed by atoms with E-state index in [1.54, 1.807) is 12.4 Å². The normalized spacial score (nSPS) is 14.3. The van der Waals surface area contributed by atoms with E-state index < -0.39 is 0 Å². The summed E-state index contributed by atoms with van der Waals surface area (Å²) in [6.07, 6.45) is 6.67. The molecule has 3 aromatic rings. The summed E-state index contributed by atoms with van der Waals surface area (Å²) in [5.74, 6) is -0.0956. The molecule has 0 bridgehead atoms. The van der Waals surface area contributed by atoms with Gasteiger partial charge in [0, 0.05) is 42.8 Å². The van der Waals surface area contributed by atoms with E-state index in [1.165, 1.54) is 6.42 Å². The summed E-state index contributed by atoms with van der Waals surface area (Å²) in [5, 5.41) is 8.10. The van der Waals surface area contributed by atoms with Crippen molar-refractivity contribution in [2.75, 3.05) is 13.1 Å². The van der Waals surface area contributed by atoms with Gasteiger partial charge in [-0.3, -0.25) is 9.59 Å². The van der Waals surface area contributed by atoms with Gasteiger partial charge in [0.05, 0.1) is 11.8 Å². The molecule has 30 heavy (non-hydrogen) atoms. The Morgan fingerprint density at radius 2 is 1.77 bits per heavy atom. The molecule has 0 aliphatic carbocycles. The van der Waals surface area contributed by atoms with Gasteiger partial charge in [-0.15, -0.1) is 0 Å². The molecule has 156 valence electrons. The number of nitrogens with one attached hydrogen (secondary N) is 1. The molecule has 1 aliphatic rings. The van der Waals surface area contributed by atoms with E-state index in [1.807, 2.05) is 53.8 Å². The molecule has 1 N–H and O–H groups in total. The average Bonchev–Trinajstić information content (AvgIpc) is 3.21. The van der Waals surface area contributed by atoms with Gasteiger partial charge in [0.25, 0.3) is 11.8 Å². The molecule has 0 radical (unpaired) electrons. The first-order chi connectivity index (χ1) is 14.5. The van der Waals surface area contributed by atoms with Gasteiger partial charge in [0.2, 0.25) is 0 Å². The number of carbonyl (C=O) groups excluding carboxylic acids is 2. The number of likely N-dealkylation sites (tertiary alicyclic amines) is 1. The molecule has 0 spiro atoms. The number of benzene rings is 1. The summed E-state index contributed by atoms with van der Waals surface area (Å²) in [6, 6.07) is 9.49. The Hall–Kier alpha value is -3.22. The van der Waals surface area contributed by atoms with Crippen molar-refractivity contribution in [1.82, 2.24) is 25.0 Å². The Labute approximate surface area is 176 Å². The van der Waals surface area contributed by atoms with E-state index >= 15 is 0 Å². The Kier molecular flexibility index (Phi) is 5.79. The molecule has 3 heterocycles. The molecule has 2 amide bonds. The predicted molar refractivity (Wildman–Crippen MR) is 115 cm³/mol. The molecule has 1 fully saturated rings. The zero-order valence-corrected chi connectivity index (χ0v) is 17.5. The van der Waals surface area contributed by atoms with Gasteiger partial charge >= 0.3 is 0 Å². The van der Waals surface area contributed by atoms with Crippen LogP contribution in [0, 0.1) is 0 Å². The summed E-state index contributed by atoms with van der Waals surface area (Å²) < 4.78 is 1.84. The fourth-order valence-electron chi connectivity index (χ4n) is 3.77. The number of nitrogens with zero attached hydrogens (tertiary/aromatic N) is 4. The highest BCUT2D eigenvalue weighted by molar-refractivity contribution is 5.97. The van der Waals surface area contributed by atoms with Crippen molar-refractivity contribution in [2.45, 2.75) is 45.7 Å². The lowest BCUT2D eigenvalue weighted by Crippen LogP contribution is -2.35. The largest absolute Gasteiger partial charge is 0.348 e. The number of carbonyl (C=O) groups is 2. The zero-order valence-electron chi connectivity index (χ0n) is 17.5. The maximum absolute atomic E-state index is 12.6. The van der Waals surface area contributed by atoms with E-state index in [9.17, 15) is 9.59 Å². The minimum Gasteiger partial charge on any atom is -0.348 e. The lowest BCUT2D eigenvalue weighted by Gasteiger charge is -2.26. The topological polar surface area (TPSA) is 80.1 Å². The van der Waals surface area contributed by atoms with Crippen molar-refractivity contribution in [2.24, 2.45) is 0 Å². The van der Waals surface area contributed by atoms with Gasteiger partial charge in [0.1, 0.15) is 0 Å². The molecule has 4 rings (SSSR count). The Bertz CT molecular complexity index is 1050. The standard InChI is InChI=1S/C23H27N5O2/c1-16(2)28-21-19(15-26-28)12-20(14-24-21)22(29)25-13-17-6-8-18(9-7-17)23(30)27-10-4-3-5-11-27/h6-9,12,14-16H,3-5,10-11,13H2,1-2H3,(H,25,29). The summed E-state index contributed by atoms with van der Waals surface area (Å²) in [7, 11) is 0. The monoisotopic (exact) mass is 405 g/mol. The first-order valence-electron chi connectivity index (χ1n) is 10.5. The quantitative estimate of drug-likeness (QED) is 0.704. The van der Waals surface area contributed by atoms with E-state index in [0.717, 1.165) is 42.5 Å². The molecule has 0 atom stereocenters. The van der Waals surface area contributed by atoms with Crippen LogP contribution in [0.25, 0.3) is 11.0 Å². The van der Waals surface area contributed by atoms with Crippen LogP contribution in [-0.4, -0.2) is 44.6 Å². The summed E-state index contributed by atoms with van der Waals surface area (Å²) in [6.45, 7) is 6.15. The smallest absolute Gasteiger partial charge is 0.253 e. The number of amides is 2. The van der Waals surface area contributed by atoms with Crippen LogP contribution in [0.3, 0.4) is 0 Å². The molecule has 7 heteroatoms. The van der Waals surface area contributed by atoms with Crippen molar-refractivity contribution in [1.29, 1.82) is 0 Å². The number of hydrogen-bond donors (Lipinski definition) is 1. The minimum absolute atomic E-state index is 0.0895. The molecular weight excluding hydrogens is 378 g/mol. The fraction of sp³-hybridized carbons (Fsp3) is 0.391. The molecule has 0 unspecified atom stereocenters. The fourth-order valence-corrected chi connectivity index (χ4v) is 3.77. The first kappa shape index (κ1) is 20.1. The van der Waals surface area contributed by atoms with Crippen LogP contribution >= 0.6 is 0 Å². The van der Waals surface area contributed by atoms with Crippen molar-refractivity contribution >= 4 is 22.8 Å². The number of fused-ring (bicyclic) bond motifs is 1. The van der Waals surface area contributed by atoms with Crippen LogP contribution in [0.5, 0.6) is 0 Å². The van der Waals surface area contributed by atoms with Crippen molar-refractivity contribution in [3.8, 4) is 0 Å². The molecule has 1 aliphatic heterocycles. The van der Waals surface area contributed by atoms with Gasteiger partial charge in [-0.25, -0.2) is 9.67 Å². The summed E-state index contributed by atoms with van der Waals surface area (Å²) in [5.41, 5.74) is 2.92. The van der Waals surface area contributed by atoms with Crippen molar-refractivity contribution in [3.05, 3.63) is 59.4 Å². The van der Waals surface area contributed by atoms with Crippen LogP contribution in [0.4, 0.5) is 0 Å². The first-order valence-corrected chi connectivity index (χ1v) is 10.5. The molecule has 1 saturated heterocycles. The maximum Gasteiger partial charge on any atom is 0.253 e. The van der Waals surface area contributed by atoms with E-state index in [4.69, 9.17) is 0 Å². The summed E-state index contributed by atoms with van der Waals surface area (Å²) in [4.78, 5) is 31.4. The van der Waals surface area contributed by atoms with Gasteiger partial charge in [-0.2, -0.15) is 5.10 Å². The SMILES string of the molecule is CC(C)n1ncc2cc(C(=O)NCc3ccc(C(=O)N4CCCCC4)cc3)cnc21. The van der Waals surface area contributed by atoms with Crippen LogP contribution < -0.4 is 5.32 Å². The highest BCUT2D eigenvalue weighted by atomic mass is 16.2. The van der Waals surface area contributed by atoms with Gasteiger partial charge < -0.3 is 10.2 Å². The van der Waals surface area contributed by atoms with Crippen LogP contribution in [0.2, 0.25) is 0 Å². The maximum atomic E-state index is 12.6. The third kappa shape index (κ3) is 4.20. The van der Waals surface area contributed by atoms with Crippen LogP contribution in [-0.2, 0) is 6.54 Å². The van der Waals surface area contributed by atoms with Gasteiger partial charge in [-0.05, 0) is 56.9 Å².